The minimum Gasteiger partial charge on any atom is -0.469 e. The van der Waals surface area contributed by atoms with Gasteiger partial charge in [-0.2, -0.15) is 0 Å². The maximum Gasteiger partial charge on any atom is 0.311 e. The largest absolute Gasteiger partial charge is 0.469 e. The van der Waals surface area contributed by atoms with E-state index in [-0.39, 0.29) is 12.8 Å². The van der Waals surface area contributed by atoms with Crippen molar-refractivity contribution < 1.29 is 27.9 Å². The van der Waals surface area contributed by atoms with E-state index < -0.39 is 11.9 Å². The van der Waals surface area contributed by atoms with Crippen molar-refractivity contribution in [2.75, 3.05) is 0 Å². The molecule has 2 aromatic heterocycles. The molecule has 0 saturated heterocycles. The molecule has 0 amide bonds. The molecule has 2 rings (SSSR count). The predicted octanol–water partition coefficient (Wildman–Crippen LogP) is 2.16. The number of esters is 2. The molecule has 0 spiro atoms. The van der Waals surface area contributed by atoms with Gasteiger partial charge in [0, 0.05) is 12.1 Å². The van der Waals surface area contributed by atoms with Crippen molar-refractivity contribution in [1.29, 1.82) is 0 Å². The molecule has 0 aliphatic heterocycles. The smallest absolute Gasteiger partial charge is 0.311 e. The Bertz CT molecular complexity index is 448. The summed E-state index contributed by atoms with van der Waals surface area (Å²) in [5.74, 6) is -0.438. The van der Waals surface area contributed by atoms with Crippen molar-refractivity contribution in [2.24, 2.45) is 0 Å². The Balaban J connectivity index is 1.71. The molecule has 0 unspecified atom stereocenters. The minimum absolute atomic E-state index is 0.0676. The number of carbonyl (C=O) groups excluding carboxylic acids is 2. The summed E-state index contributed by atoms with van der Waals surface area (Å²) >= 11 is 0. The van der Waals surface area contributed by atoms with E-state index in [1.54, 1.807) is 0 Å². The van der Waals surface area contributed by atoms with Gasteiger partial charge in [0.25, 0.3) is 0 Å². The Hall–Kier alpha value is -2.50. The van der Waals surface area contributed by atoms with Gasteiger partial charge < -0.3 is 18.3 Å². The first kappa shape index (κ1) is 12.0. The lowest BCUT2D eigenvalue weighted by molar-refractivity contribution is -0.140. The zero-order valence-corrected chi connectivity index (χ0v) is 9.33. The highest BCUT2D eigenvalue weighted by Crippen LogP contribution is 2.13. The SMILES string of the molecule is O=C(CCC(=O)Oc1ccoc1)Oc1ccoc1. The molecule has 0 aromatic carbocycles. The summed E-state index contributed by atoms with van der Waals surface area (Å²) < 4.78 is 19.2. The van der Waals surface area contributed by atoms with Gasteiger partial charge in [-0.15, -0.1) is 0 Å². The van der Waals surface area contributed by atoms with E-state index in [0.717, 1.165) is 0 Å². The van der Waals surface area contributed by atoms with Crippen LogP contribution < -0.4 is 9.47 Å². The van der Waals surface area contributed by atoms with Crippen LogP contribution in [0.2, 0.25) is 0 Å². The second kappa shape index (κ2) is 5.72. The zero-order chi connectivity index (χ0) is 12.8. The van der Waals surface area contributed by atoms with E-state index >= 15 is 0 Å². The summed E-state index contributed by atoms with van der Waals surface area (Å²) in [7, 11) is 0. The molecule has 6 nitrogen and oxygen atoms in total. The highest BCUT2D eigenvalue weighted by atomic mass is 16.5. The topological polar surface area (TPSA) is 78.9 Å². The van der Waals surface area contributed by atoms with Crippen molar-refractivity contribution in [3.63, 3.8) is 0 Å². The van der Waals surface area contributed by atoms with E-state index in [9.17, 15) is 9.59 Å². The van der Waals surface area contributed by atoms with Crippen LogP contribution in [0.5, 0.6) is 11.5 Å². The van der Waals surface area contributed by atoms with E-state index in [4.69, 9.17) is 18.3 Å². The van der Waals surface area contributed by atoms with Crippen LogP contribution in [0.3, 0.4) is 0 Å². The predicted molar refractivity (Wildman–Crippen MR) is 57.9 cm³/mol. The fourth-order valence-corrected chi connectivity index (χ4v) is 1.19. The van der Waals surface area contributed by atoms with Gasteiger partial charge in [0.1, 0.15) is 12.5 Å². The number of hydrogen-bond donors (Lipinski definition) is 0. The minimum atomic E-state index is -0.527. The van der Waals surface area contributed by atoms with Crippen LogP contribution >= 0.6 is 0 Å². The third-order valence-electron chi connectivity index (χ3n) is 1.99. The zero-order valence-electron chi connectivity index (χ0n) is 9.33. The molecule has 0 radical (unpaired) electrons. The third-order valence-corrected chi connectivity index (χ3v) is 1.99. The van der Waals surface area contributed by atoms with Gasteiger partial charge in [-0.05, 0) is 0 Å². The summed E-state index contributed by atoms with van der Waals surface area (Å²) in [6.45, 7) is 0. The highest BCUT2D eigenvalue weighted by molar-refractivity contribution is 5.80. The molecule has 2 heterocycles. The normalized spacial score (nSPS) is 10.0. The summed E-state index contributed by atoms with van der Waals surface area (Å²) in [5.41, 5.74) is 0. The Morgan fingerprint density at radius 1 is 0.889 bits per heavy atom. The number of furan rings is 2. The molecule has 0 atom stereocenters. The molecule has 0 saturated carbocycles. The number of rotatable bonds is 5. The van der Waals surface area contributed by atoms with Crippen LogP contribution in [0.25, 0.3) is 0 Å². The van der Waals surface area contributed by atoms with Crippen molar-refractivity contribution in [1.82, 2.24) is 0 Å². The fraction of sp³-hybridized carbons (Fsp3) is 0.167. The third kappa shape index (κ3) is 3.51. The lowest BCUT2D eigenvalue weighted by atomic mass is 10.3. The summed E-state index contributed by atoms with van der Waals surface area (Å²) in [6.07, 6.45) is 5.22. The summed E-state index contributed by atoms with van der Waals surface area (Å²) in [5, 5.41) is 0. The van der Waals surface area contributed by atoms with Crippen LogP contribution in [0.1, 0.15) is 12.8 Å². The summed E-state index contributed by atoms with van der Waals surface area (Å²) in [4.78, 5) is 22.7. The first-order chi connectivity index (χ1) is 8.74. The van der Waals surface area contributed by atoms with E-state index in [1.165, 1.54) is 37.2 Å². The van der Waals surface area contributed by atoms with Crippen LogP contribution in [0.15, 0.2) is 46.0 Å². The molecule has 0 bridgehead atoms. The van der Waals surface area contributed by atoms with Gasteiger partial charge >= 0.3 is 11.9 Å². The van der Waals surface area contributed by atoms with E-state index in [2.05, 4.69) is 0 Å². The highest BCUT2D eigenvalue weighted by Gasteiger charge is 2.11. The van der Waals surface area contributed by atoms with Crippen LogP contribution in [-0.2, 0) is 9.59 Å². The average molecular weight is 250 g/mol. The van der Waals surface area contributed by atoms with Crippen LogP contribution in [0.4, 0.5) is 0 Å². The summed E-state index contributed by atoms with van der Waals surface area (Å²) in [6, 6.07) is 3.00. The molecule has 0 aliphatic carbocycles. The Morgan fingerprint density at radius 3 is 1.67 bits per heavy atom. The van der Waals surface area contributed by atoms with Gasteiger partial charge in [0.2, 0.25) is 0 Å². The van der Waals surface area contributed by atoms with Gasteiger partial charge in [-0.1, -0.05) is 0 Å². The van der Waals surface area contributed by atoms with Crippen molar-refractivity contribution in [3.8, 4) is 11.5 Å². The van der Waals surface area contributed by atoms with Crippen LogP contribution in [0, 0.1) is 0 Å². The fourth-order valence-electron chi connectivity index (χ4n) is 1.19. The number of carbonyl (C=O) groups is 2. The standard InChI is InChI=1S/C12H10O6/c13-11(17-9-3-5-15-7-9)1-2-12(14)18-10-4-6-16-8-10/h3-8H,1-2H2. The second-order valence-electron chi connectivity index (χ2n) is 3.37. The Kier molecular flexibility index (Phi) is 3.80. The van der Waals surface area contributed by atoms with E-state index in [0.29, 0.717) is 11.5 Å². The molecule has 94 valence electrons. The maximum atomic E-state index is 11.3. The first-order valence-corrected chi connectivity index (χ1v) is 5.20. The maximum absolute atomic E-state index is 11.3. The van der Waals surface area contributed by atoms with Crippen molar-refractivity contribution in [2.45, 2.75) is 12.8 Å². The van der Waals surface area contributed by atoms with E-state index in [1.807, 2.05) is 0 Å². The molecular weight excluding hydrogens is 240 g/mol. The van der Waals surface area contributed by atoms with Crippen molar-refractivity contribution in [3.05, 3.63) is 37.2 Å². The lowest BCUT2D eigenvalue weighted by Crippen LogP contribution is -2.13. The average Bonchev–Trinajstić information content (AvgIpc) is 2.99. The molecule has 6 heteroatoms. The molecule has 0 aliphatic rings. The van der Waals surface area contributed by atoms with Gasteiger partial charge in [-0.25, -0.2) is 0 Å². The van der Waals surface area contributed by atoms with Crippen molar-refractivity contribution >= 4 is 11.9 Å². The Morgan fingerprint density at radius 2 is 1.33 bits per heavy atom. The quantitative estimate of drug-likeness (QED) is 0.756. The lowest BCUT2D eigenvalue weighted by Gasteiger charge is -2.01. The van der Waals surface area contributed by atoms with Gasteiger partial charge in [0.05, 0.1) is 25.4 Å². The molecule has 18 heavy (non-hydrogen) atoms. The molecular formula is C12H10O6. The number of ether oxygens (including phenoxy) is 2. The molecule has 0 fully saturated rings. The van der Waals surface area contributed by atoms with Gasteiger partial charge in [-0.3, -0.25) is 9.59 Å². The number of hydrogen-bond acceptors (Lipinski definition) is 6. The van der Waals surface area contributed by atoms with Crippen LogP contribution in [-0.4, -0.2) is 11.9 Å². The first-order valence-electron chi connectivity index (χ1n) is 5.20. The molecule has 0 N–H and O–H groups in total. The second-order valence-corrected chi connectivity index (χ2v) is 3.37. The monoisotopic (exact) mass is 250 g/mol. The molecule has 2 aromatic rings. The Labute approximate surface area is 102 Å². The van der Waals surface area contributed by atoms with Gasteiger partial charge in [0.15, 0.2) is 11.5 Å².